The molecule has 4 aliphatic rings. The molecule has 174 valence electrons. The molecule has 0 aromatic heterocycles. The zero-order valence-electron chi connectivity index (χ0n) is 19.4. The predicted octanol–water partition coefficient (Wildman–Crippen LogP) is 4.85. The zero-order chi connectivity index (χ0) is 22.3. The summed E-state index contributed by atoms with van der Waals surface area (Å²) in [4.78, 5) is 17.8. The van der Waals surface area contributed by atoms with Gasteiger partial charge in [0.2, 0.25) is 0 Å². The first-order valence-corrected chi connectivity index (χ1v) is 12.7. The van der Waals surface area contributed by atoms with E-state index < -0.39 is 0 Å². The summed E-state index contributed by atoms with van der Waals surface area (Å²) in [7, 11) is 0. The fourth-order valence-corrected chi connectivity index (χ4v) is 6.03. The Hall–Kier alpha value is -2.53. The summed E-state index contributed by atoms with van der Waals surface area (Å²) in [6, 6.07) is 14.7. The van der Waals surface area contributed by atoms with E-state index in [1.54, 1.807) is 5.56 Å². The van der Waals surface area contributed by atoms with Gasteiger partial charge in [0.05, 0.1) is 13.2 Å². The van der Waals surface area contributed by atoms with Gasteiger partial charge in [0, 0.05) is 44.7 Å². The number of ether oxygens (including phenoxy) is 2. The van der Waals surface area contributed by atoms with E-state index >= 15 is 0 Å². The molecule has 1 aliphatic carbocycles. The van der Waals surface area contributed by atoms with Crippen LogP contribution in [0.5, 0.6) is 11.5 Å². The van der Waals surface area contributed by atoms with E-state index in [1.807, 2.05) is 23.1 Å². The standard InChI is InChI=1S/C28H34N2O3/c31-27(22-9-10-25-26(17-22)33-16-4-15-32-25)30-13-11-28(12-14-30)19-29(20-28)18-23-5-1-2-8-24(23)21-6-3-7-21/h1-2,5,8-10,17,21H,3-4,6-7,11-16,18-20H2. The Morgan fingerprint density at radius 3 is 2.45 bits per heavy atom. The Balaban J connectivity index is 1.04. The third kappa shape index (κ3) is 4.12. The smallest absolute Gasteiger partial charge is 0.253 e. The van der Waals surface area contributed by atoms with Crippen LogP contribution < -0.4 is 9.47 Å². The molecule has 5 heteroatoms. The Morgan fingerprint density at radius 2 is 1.70 bits per heavy atom. The lowest BCUT2D eigenvalue weighted by Gasteiger charge is -2.54. The maximum atomic E-state index is 13.1. The third-order valence-electron chi connectivity index (χ3n) is 8.22. The van der Waals surface area contributed by atoms with Crippen molar-refractivity contribution in [2.75, 3.05) is 39.4 Å². The van der Waals surface area contributed by atoms with E-state index in [1.165, 1.54) is 24.8 Å². The molecule has 3 heterocycles. The van der Waals surface area contributed by atoms with Crippen LogP contribution in [0, 0.1) is 5.41 Å². The molecule has 1 amide bonds. The van der Waals surface area contributed by atoms with Crippen LogP contribution in [0.1, 0.15) is 65.9 Å². The maximum absolute atomic E-state index is 13.1. The minimum Gasteiger partial charge on any atom is -0.490 e. The molecule has 3 fully saturated rings. The van der Waals surface area contributed by atoms with Crippen LogP contribution in [0.4, 0.5) is 0 Å². The third-order valence-corrected chi connectivity index (χ3v) is 8.22. The van der Waals surface area contributed by atoms with Crippen molar-refractivity contribution < 1.29 is 14.3 Å². The molecule has 5 nitrogen and oxygen atoms in total. The Labute approximate surface area is 196 Å². The number of fused-ring (bicyclic) bond motifs is 1. The van der Waals surface area contributed by atoms with Gasteiger partial charge in [-0.1, -0.05) is 30.7 Å². The van der Waals surface area contributed by atoms with Gasteiger partial charge in [-0.2, -0.15) is 0 Å². The monoisotopic (exact) mass is 446 g/mol. The number of amides is 1. The molecule has 3 aliphatic heterocycles. The van der Waals surface area contributed by atoms with E-state index in [4.69, 9.17) is 9.47 Å². The minimum atomic E-state index is 0.117. The van der Waals surface area contributed by atoms with Crippen LogP contribution in [0.2, 0.25) is 0 Å². The highest BCUT2D eigenvalue weighted by Gasteiger charge is 2.45. The van der Waals surface area contributed by atoms with Crippen molar-refractivity contribution in [3.05, 3.63) is 59.2 Å². The van der Waals surface area contributed by atoms with E-state index in [0.29, 0.717) is 29.9 Å². The molecule has 0 N–H and O–H groups in total. The minimum absolute atomic E-state index is 0.117. The summed E-state index contributed by atoms with van der Waals surface area (Å²) in [6.45, 7) is 6.40. The van der Waals surface area contributed by atoms with Crippen molar-refractivity contribution >= 4 is 5.91 Å². The molecule has 2 saturated heterocycles. The summed E-state index contributed by atoms with van der Waals surface area (Å²) in [5.74, 6) is 2.35. The first-order chi connectivity index (χ1) is 16.2. The molecule has 2 aromatic rings. The average molecular weight is 447 g/mol. The summed E-state index contributed by atoms with van der Waals surface area (Å²) < 4.78 is 11.5. The van der Waals surface area contributed by atoms with Gasteiger partial charge in [-0.3, -0.25) is 9.69 Å². The van der Waals surface area contributed by atoms with Crippen molar-refractivity contribution in [1.82, 2.24) is 9.80 Å². The molecule has 1 saturated carbocycles. The Morgan fingerprint density at radius 1 is 0.939 bits per heavy atom. The predicted molar refractivity (Wildman–Crippen MR) is 128 cm³/mol. The highest BCUT2D eigenvalue weighted by Crippen LogP contribution is 2.43. The maximum Gasteiger partial charge on any atom is 0.253 e. The summed E-state index contributed by atoms with van der Waals surface area (Å²) in [6.07, 6.45) is 7.17. The van der Waals surface area contributed by atoms with Gasteiger partial charge in [-0.05, 0) is 66.3 Å². The average Bonchev–Trinajstić information content (AvgIpc) is 3.03. The molecular weight excluding hydrogens is 412 g/mol. The van der Waals surface area contributed by atoms with Gasteiger partial charge in [-0.25, -0.2) is 0 Å². The summed E-state index contributed by atoms with van der Waals surface area (Å²) in [5, 5.41) is 0. The second kappa shape index (κ2) is 8.68. The lowest BCUT2D eigenvalue weighted by atomic mass is 9.71. The first-order valence-electron chi connectivity index (χ1n) is 12.7. The lowest BCUT2D eigenvalue weighted by molar-refractivity contribution is -0.0467. The van der Waals surface area contributed by atoms with Crippen molar-refractivity contribution in [1.29, 1.82) is 0 Å². The first kappa shape index (κ1) is 21.0. The van der Waals surface area contributed by atoms with Gasteiger partial charge < -0.3 is 14.4 Å². The molecule has 0 bridgehead atoms. The Bertz CT molecular complexity index is 1020. The Kier molecular flexibility index (Phi) is 5.53. The van der Waals surface area contributed by atoms with Gasteiger partial charge >= 0.3 is 0 Å². The SMILES string of the molecule is O=C(c1ccc2c(c1)OCCCO2)N1CCC2(CC1)CN(Cc1ccccc1C1CCC1)C2. The summed E-state index contributed by atoms with van der Waals surface area (Å²) >= 11 is 0. The van der Waals surface area contributed by atoms with E-state index in [9.17, 15) is 4.79 Å². The largest absolute Gasteiger partial charge is 0.490 e. The van der Waals surface area contributed by atoms with E-state index in [-0.39, 0.29) is 5.91 Å². The van der Waals surface area contributed by atoms with Crippen LogP contribution in [0.3, 0.4) is 0 Å². The van der Waals surface area contributed by atoms with Gasteiger partial charge in [0.15, 0.2) is 11.5 Å². The molecule has 0 unspecified atom stereocenters. The van der Waals surface area contributed by atoms with Crippen molar-refractivity contribution in [3.8, 4) is 11.5 Å². The van der Waals surface area contributed by atoms with E-state index in [2.05, 4.69) is 29.2 Å². The molecule has 6 rings (SSSR count). The van der Waals surface area contributed by atoms with Gasteiger partial charge in [-0.15, -0.1) is 0 Å². The van der Waals surface area contributed by atoms with E-state index in [0.717, 1.165) is 63.7 Å². The van der Waals surface area contributed by atoms with Gasteiger partial charge in [0.25, 0.3) is 5.91 Å². The number of carbonyl (C=O) groups is 1. The number of carbonyl (C=O) groups excluding carboxylic acids is 1. The van der Waals surface area contributed by atoms with Crippen LogP contribution in [0.15, 0.2) is 42.5 Å². The van der Waals surface area contributed by atoms with Crippen LogP contribution >= 0.6 is 0 Å². The van der Waals surface area contributed by atoms with Crippen LogP contribution in [0.25, 0.3) is 0 Å². The fourth-order valence-electron chi connectivity index (χ4n) is 6.03. The zero-order valence-corrected chi connectivity index (χ0v) is 19.4. The topological polar surface area (TPSA) is 42.0 Å². The number of rotatable bonds is 4. The second-order valence-corrected chi connectivity index (χ2v) is 10.5. The molecule has 33 heavy (non-hydrogen) atoms. The lowest BCUT2D eigenvalue weighted by Crippen LogP contribution is -2.60. The quantitative estimate of drug-likeness (QED) is 0.673. The molecule has 2 aromatic carbocycles. The number of nitrogens with zero attached hydrogens (tertiary/aromatic N) is 2. The number of hydrogen-bond donors (Lipinski definition) is 0. The molecular formula is C28H34N2O3. The number of benzene rings is 2. The number of likely N-dealkylation sites (tertiary alicyclic amines) is 2. The van der Waals surface area contributed by atoms with Crippen LogP contribution in [-0.4, -0.2) is 55.1 Å². The molecule has 0 radical (unpaired) electrons. The highest BCUT2D eigenvalue weighted by atomic mass is 16.5. The van der Waals surface area contributed by atoms with Crippen molar-refractivity contribution in [2.45, 2.75) is 51.0 Å². The molecule has 0 atom stereocenters. The number of piperidine rings is 1. The van der Waals surface area contributed by atoms with Gasteiger partial charge in [0.1, 0.15) is 0 Å². The molecule has 1 spiro atoms. The van der Waals surface area contributed by atoms with Crippen molar-refractivity contribution in [3.63, 3.8) is 0 Å². The van der Waals surface area contributed by atoms with Crippen molar-refractivity contribution in [2.24, 2.45) is 5.41 Å². The number of hydrogen-bond acceptors (Lipinski definition) is 4. The highest BCUT2D eigenvalue weighted by molar-refractivity contribution is 5.95. The fraction of sp³-hybridized carbons (Fsp3) is 0.536. The summed E-state index contributed by atoms with van der Waals surface area (Å²) in [5.41, 5.74) is 4.21. The second-order valence-electron chi connectivity index (χ2n) is 10.5. The normalized spacial score (nSPS) is 22.4. The van der Waals surface area contributed by atoms with Crippen LogP contribution in [-0.2, 0) is 6.54 Å².